The summed E-state index contributed by atoms with van der Waals surface area (Å²) in [6.45, 7) is 1.92. The van der Waals surface area contributed by atoms with Gasteiger partial charge in [0.05, 0.1) is 19.8 Å². The first-order valence-electron chi connectivity index (χ1n) is 6.59. The molecule has 108 valence electrons. The molecular weight excluding hydrogens is 268 g/mol. The standard InChI is InChI=1S/C17H16O4/c1-10-15(19-2)9-11-7-8-12-13(18)5-4-6-14(12)21-17(11)16(10)20-3/h4-9,18H,1-3H3. The van der Waals surface area contributed by atoms with Gasteiger partial charge < -0.3 is 19.3 Å². The quantitative estimate of drug-likeness (QED) is 0.773. The second-order valence-corrected chi connectivity index (χ2v) is 4.78. The van der Waals surface area contributed by atoms with Crippen molar-refractivity contribution in [2.75, 3.05) is 14.2 Å². The molecule has 3 rings (SSSR count). The first-order chi connectivity index (χ1) is 10.2. The summed E-state index contributed by atoms with van der Waals surface area (Å²) in [5.41, 5.74) is 2.35. The Kier molecular flexibility index (Phi) is 3.22. The van der Waals surface area contributed by atoms with Crippen LogP contribution in [0.25, 0.3) is 12.2 Å². The fraction of sp³-hybridized carbons (Fsp3) is 0.176. The Hall–Kier alpha value is -2.62. The van der Waals surface area contributed by atoms with Crippen LogP contribution in [0.4, 0.5) is 0 Å². The van der Waals surface area contributed by atoms with Crippen molar-refractivity contribution in [1.82, 2.24) is 0 Å². The zero-order valence-electron chi connectivity index (χ0n) is 12.1. The summed E-state index contributed by atoms with van der Waals surface area (Å²) in [7, 11) is 3.22. The van der Waals surface area contributed by atoms with Crippen molar-refractivity contribution in [3.63, 3.8) is 0 Å². The van der Waals surface area contributed by atoms with Gasteiger partial charge in [-0.05, 0) is 31.2 Å². The van der Waals surface area contributed by atoms with E-state index < -0.39 is 0 Å². The summed E-state index contributed by atoms with van der Waals surface area (Å²) >= 11 is 0. The second kappa shape index (κ2) is 5.05. The molecule has 2 aromatic rings. The molecule has 1 aliphatic rings. The summed E-state index contributed by atoms with van der Waals surface area (Å²) in [6, 6.07) is 7.08. The van der Waals surface area contributed by atoms with Gasteiger partial charge in [-0.1, -0.05) is 12.1 Å². The van der Waals surface area contributed by atoms with E-state index in [0.29, 0.717) is 22.8 Å². The van der Waals surface area contributed by atoms with Gasteiger partial charge in [0, 0.05) is 11.1 Å². The average molecular weight is 284 g/mol. The number of phenolic OH excluding ortho intramolecular Hbond substituents is 1. The van der Waals surface area contributed by atoms with Gasteiger partial charge >= 0.3 is 0 Å². The Morgan fingerprint density at radius 1 is 1.10 bits per heavy atom. The van der Waals surface area contributed by atoms with Crippen LogP contribution in [0.5, 0.6) is 28.7 Å². The summed E-state index contributed by atoms with van der Waals surface area (Å²) in [5, 5.41) is 9.96. The SMILES string of the molecule is COc1cc2c(c(OC)c1C)Oc1cccc(O)c1C=C2. The van der Waals surface area contributed by atoms with Gasteiger partial charge in [-0.15, -0.1) is 0 Å². The highest BCUT2D eigenvalue weighted by molar-refractivity contribution is 5.82. The van der Waals surface area contributed by atoms with Crippen molar-refractivity contribution in [3.05, 3.63) is 41.0 Å². The Balaban J connectivity index is 2.25. The number of hydrogen-bond acceptors (Lipinski definition) is 4. The molecule has 4 heteroatoms. The largest absolute Gasteiger partial charge is 0.507 e. The highest BCUT2D eigenvalue weighted by atomic mass is 16.5. The molecule has 0 aromatic heterocycles. The van der Waals surface area contributed by atoms with Crippen molar-refractivity contribution in [3.8, 4) is 28.7 Å². The van der Waals surface area contributed by atoms with E-state index in [1.165, 1.54) is 0 Å². The molecule has 0 fully saturated rings. The van der Waals surface area contributed by atoms with Gasteiger partial charge in [-0.3, -0.25) is 0 Å². The van der Waals surface area contributed by atoms with Crippen molar-refractivity contribution in [2.45, 2.75) is 6.92 Å². The third kappa shape index (κ3) is 2.09. The van der Waals surface area contributed by atoms with E-state index in [1.807, 2.05) is 31.2 Å². The number of rotatable bonds is 2. The third-order valence-corrected chi connectivity index (χ3v) is 3.57. The molecule has 0 saturated carbocycles. The van der Waals surface area contributed by atoms with Crippen molar-refractivity contribution in [1.29, 1.82) is 0 Å². The average Bonchev–Trinajstić information content (AvgIpc) is 2.66. The number of ether oxygens (including phenoxy) is 3. The normalized spacial score (nSPS) is 12.0. The number of methoxy groups -OCH3 is 2. The zero-order valence-corrected chi connectivity index (χ0v) is 12.1. The van der Waals surface area contributed by atoms with Crippen LogP contribution in [0.15, 0.2) is 24.3 Å². The van der Waals surface area contributed by atoms with E-state index in [1.54, 1.807) is 26.4 Å². The molecule has 1 aliphatic heterocycles. The zero-order chi connectivity index (χ0) is 15.0. The van der Waals surface area contributed by atoms with E-state index in [4.69, 9.17) is 14.2 Å². The van der Waals surface area contributed by atoms with Gasteiger partial charge in [0.1, 0.15) is 17.2 Å². The second-order valence-electron chi connectivity index (χ2n) is 4.78. The topological polar surface area (TPSA) is 47.9 Å². The molecule has 1 heterocycles. The van der Waals surface area contributed by atoms with Crippen LogP contribution < -0.4 is 14.2 Å². The van der Waals surface area contributed by atoms with Crippen LogP contribution in [0.3, 0.4) is 0 Å². The molecule has 0 unspecified atom stereocenters. The minimum absolute atomic E-state index is 0.180. The van der Waals surface area contributed by atoms with E-state index in [2.05, 4.69) is 0 Å². The number of benzene rings is 2. The minimum Gasteiger partial charge on any atom is -0.507 e. The fourth-order valence-electron chi connectivity index (χ4n) is 2.49. The maximum atomic E-state index is 9.96. The first-order valence-corrected chi connectivity index (χ1v) is 6.59. The Morgan fingerprint density at radius 3 is 2.62 bits per heavy atom. The third-order valence-electron chi connectivity index (χ3n) is 3.57. The Morgan fingerprint density at radius 2 is 1.90 bits per heavy atom. The van der Waals surface area contributed by atoms with Gasteiger partial charge in [0.2, 0.25) is 0 Å². The summed E-state index contributed by atoms with van der Waals surface area (Å²) < 4.78 is 16.8. The molecule has 21 heavy (non-hydrogen) atoms. The number of hydrogen-bond donors (Lipinski definition) is 1. The van der Waals surface area contributed by atoms with E-state index in [0.717, 1.165) is 16.9 Å². The van der Waals surface area contributed by atoms with E-state index >= 15 is 0 Å². The van der Waals surface area contributed by atoms with Gasteiger partial charge in [0.25, 0.3) is 0 Å². The van der Waals surface area contributed by atoms with Crippen molar-refractivity contribution >= 4 is 12.2 Å². The first kappa shape index (κ1) is 13.4. The van der Waals surface area contributed by atoms with Crippen LogP contribution in [0.2, 0.25) is 0 Å². The van der Waals surface area contributed by atoms with Crippen LogP contribution in [0, 0.1) is 6.92 Å². The fourth-order valence-corrected chi connectivity index (χ4v) is 2.49. The number of phenols is 1. The summed E-state index contributed by atoms with van der Waals surface area (Å²) in [6.07, 6.45) is 3.70. The molecule has 0 saturated heterocycles. The maximum Gasteiger partial charge on any atom is 0.177 e. The molecule has 0 atom stereocenters. The van der Waals surface area contributed by atoms with Gasteiger partial charge in [0.15, 0.2) is 11.5 Å². The van der Waals surface area contributed by atoms with Crippen LogP contribution >= 0.6 is 0 Å². The highest BCUT2D eigenvalue weighted by Crippen LogP contribution is 2.46. The monoisotopic (exact) mass is 284 g/mol. The maximum absolute atomic E-state index is 9.96. The molecular formula is C17H16O4. The summed E-state index contributed by atoms with van der Waals surface area (Å²) in [4.78, 5) is 0. The lowest BCUT2D eigenvalue weighted by Gasteiger charge is -2.17. The molecule has 0 spiro atoms. The van der Waals surface area contributed by atoms with Gasteiger partial charge in [-0.25, -0.2) is 0 Å². The van der Waals surface area contributed by atoms with Crippen LogP contribution in [-0.4, -0.2) is 19.3 Å². The van der Waals surface area contributed by atoms with Crippen LogP contribution in [-0.2, 0) is 0 Å². The molecule has 0 amide bonds. The predicted molar refractivity (Wildman–Crippen MR) is 81.4 cm³/mol. The lowest BCUT2D eigenvalue weighted by molar-refractivity contribution is 0.363. The summed E-state index contributed by atoms with van der Waals surface area (Å²) in [5.74, 6) is 2.75. The molecule has 0 bridgehead atoms. The smallest absolute Gasteiger partial charge is 0.177 e. The number of fused-ring (bicyclic) bond motifs is 2. The van der Waals surface area contributed by atoms with E-state index in [-0.39, 0.29) is 5.75 Å². The highest BCUT2D eigenvalue weighted by Gasteiger charge is 2.21. The lowest BCUT2D eigenvalue weighted by atomic mass is 10.1. The van der Waals surface area contributed by atoms with Crippen molar-refractivity contribution in [2.24, 2.45) is 0 Å². The molecule has 0 aliphatic carbocycles. The van der Waals surface area contributed by atoms with Crippen molar-refractivity contribution < 1.29 is 19.3 Å². The molecule has 1 N–H and O–H groups in total. The van der Waals surface area contributed by atoms with Crippen LogP contribution in [0.1, 0.15) is 16.7 Å². The van der Waals surface area contributed by atoms with Gasteiger partial charge in [-0.2, -0.15) is 0 Å². The van der Waals surface area contributed by atoms with E-state index in [9.17, 15) is 5.11 Å². The molecule has 4 nitrogen and oxygen atoms in total. The Labute approximate surface area is 123 Å². The lowest BCUT2D eigenvalue weighted by Crippen LogP contribution is -1.98. The molecule has 2 aromatic carbocycles. The molecule has 0 radical (unpaired) electrons. The predicted octanol–water partition coefficient (Wildman–Crippen LogP) is 3.99. The minimum atomic E-state index is 0.180. The Bertz CT molecular complexity index is 732. The number of aromatic hydroxyl groups is 1.